The van der Waals surface area contributed by atoms with Crippen molar-refractivity contribution < 1.29 is 4.74 Å². The molecular formula is C14H12Cl2O. The lowest BCUT2D eigenvalue weighted by Gasteiger charge is -2.08. The first kappa shape index (κ1) is 12.3. The first-order chi connectivity index (χ1) is 8.16. The summed E-state index contributed by atoms with van der Waals surface area (Å²) in [5, 5.41) is 1.11. The Labute approximate surface area is 111 Å². The van der Waals surface area contributed by atoms with E-state index < -0.39 is 0 Å². The number of rotatable bonds is 3. The van der Waals surface area contributed by atoms with Crippen molar-refractivity contribution in [3.8, 4) is 5.75 Å². The van der Waals surface area contributed by atoms with Gasteiger partial charge in [0.1, 0.15) is 12.4 Å². The van der Waals surface area contributed by atoms with E-state index in [-0.39, 0.29) is 0 Å². The van der Waals surface area contributed by atoms with Gasteiger partial charge in [0, 0.05) is 5.56 Å². The highest BCUT2D eigenvalue weighted by molar-refractivity contribution is 6.42. The Bertz CT molecular complexity index is 506. The highest BCUT2D eigenvalue weighted by atomic mass is 35.5. The Balaban J connectivity index is 2.07. The van der Waals surface area contributed by atoms with Crippen LogP contribution >= 0.6 is 23.2 Å². The molecule has 0 N–H and O–H groups in total. The van der Waals surface area contributed by atoms with E-state index in [1.165, 1.54) is 5.56 Å². The second-order valence-electron chi connectivity index (χ2n) is 3.81. The zero-order valence-electron chi connectivity index (χ0n) is 9.41. The van der Waals surface area contributed by atoms with Crippen LogP contribution in [0.3, 0.4) is 0 Å². The molecule has 88 valence electrons. The summed E-state index contributed by atoms with van der Waals surface area (Å²) in [6.45, 7) is 2.46. The minimum atomic E-state index is 0.419. The molecule has 0 aliphatic carbocycles. The van der Waals surface area contributed by atoms with Crippen LogP contribution < -0.4 is 4.74 Å². The second-order valence-corrected chi connectivity index (χ2v) is 4.60. The minimum absolute atomic E-state index is 0.419. The molecule has 0 heterocycles. The quantitative estimate of drug-likeness (QED) is 0.770. The maximum absolute atomic E-state index is 6.07. The number of ether oxygens (including phenoxy) is 1. The predicted molar refractivity (Wildman–Crippen MR) is 72.0 cm³/mol. The molecule has 3 heteroatoms. The summed E-state index contributed by atoms with van der Waals surface area (Å²) >= 11 is 12.0. The van der Waals surface area contributed by atoms with Crippen LogP contribution in [0.1, 0.15) is 11.1 Å². The summed E-state index contributed by atoms with van der Waals surface area (Å²) in [4.78, 5) is 0. The van der Waals surface area contributed by atoms with Crippen LogP contribution in [0.25, 0.3) is 0 Å². The highest BCUT2D eigenvalue weighted by Gasteiger charge is 2.04. The first-order valence-corrected chi connectivity index (χ1v) is 6.05. The van der Waals surface area contributed by atoms with Gasteiger partial charge in [-0.3, -0.25) is 0 Å². The number of halogens is 2. The fraction of sp³-hybridized carbons (Fsp3) is 0.143. The lowest BCUT2D eigenvalue weighted by Crippen LogP contribution is -1.96. The molecule has 2 rings (SSSR count). The van der Waals surface area contributed by atoms with Crippen molar-refractivity contribution in [2.75, 3.05) is 0 Å². The van der Waals surface area contributed by atoms with Crippen molar-refractivity contribution in [2.24, 2.45) is 0 Å². The molecule has 0 aromatic heterocycles. The Morgan fingerprint density at radius 2 is 1.71 bits per heavy atom. The van der Waals surface area contributed by atoms with Gasteiger partial charge in [0.05, 0.1) is 10.0 Å². The SMILES string of the molecule is Cc1ccc(OCc2cccc(Cl)c2Cl)cc1. The smallest absolute Gasteiger partial charge is 0.119 e. The number of hydrogen-bond acceptors (Lipinski definition) is 1. The lowest BCUT2D eigenvalue weighted by molar-refractivity contribution is 0.306. The van der Waals surface area contributed by atoms with E-state index in [4.69, 9.17) is 27.9 Å². The van der Waals surface area contributed by atoms with Gasteiger partial charge in [-0.15, -0.1) is 0 Å². The van der Waals surface area contributed by atoms with E-state index in [2.05, 4.69) is 0 Å². The number of hydrogen-bond donors (Lipinski definition) is 0. The van der Waals surface area contributed by atoms with Crippen LogP contribution in [0.5, 0.6) is 5.75 Å². The van der Waals surface area contributed by atoms with Gasteiger partial charge in [-0.05, 0) is 25.1 Å². The zero-order valence-corrected chi connectivity index (χ0v) is 10.9. The van der Waals surface area contributed by atoms with Gasteiger partial charge in [-0.1, -0.05) is 53.0 Å². The summed E-state index contributed by atoms with van der Waals surface area (Å²) in [6, 6.07) is 13.4. The highest BCUT2D eigenvalue weighted by Crippen LogP contribution is 2.26. The third-order valence-electron chi connectivity index (χ3n) is 2.45. The van der Waals surface area contributed by atoms with Crippen molar-refractivity contribution in [3.05, 3.63) is 63.6 Å². The number of benzene rings is 2. The van der Waals surface area contributed by atoms with Crippen molar-refractivity contribution >= 4 is 23.2 Å². The molecule has 1 nitrogen and oxygen atoms in total. The average Bonchev–Trinajstić information content (AvgIpc) is 2.33. The van der Waals surface area contributed by atoms with Crippen LogP contribution in [-0.2, 0) is 6.61 Å². The Hall–Kier alpha value is -1.18. The molecule has 2 aromatic rings. The van der Waals surface area contributed by atoms with E-state index in [0.717, 1.165) is 11.3 Å². The molecule has 0 radical (unpaired) electrons. The molecule has 0 saturated carbocycles. The Morgan fingerprint density at radius 1 is 1.00 bits per heavy atom. The molecule has 17 heavy (non-hydrogen) atoms. The largest absolute Gasteiger partial charge is 0.489 e. The third-order valence-corrected chi connectivity index (χ3v) is 3.30. The molecular weight excluding hydrogens is 255 g/mol. The van der Waals surface area contributed by atoms with Gasteiger partial charge in [0.25, 0.3) is 0 Å². The topological polar surface area (TPSA) is 9.23 Å². The normalized spacial score (nSPS) is 10.3. The molecule has 0 fully saturated rings. The van der Waals surface area contributed by atoms with Gasteiger partial charge in [-0.2, -0.15) is 0 Å². The number of aryl methyl sites for hydroxylation is 1. The zero-order chi connectivity index (χ0) is 12.3. The van der Waals surface area contributed by atoms with Crippen LogP contribution in [-0.4, -0.2) is 0 Å². The van der Waals surface area contributed by atoms with Gasteiger partial charge in [0.15, 0.2) is 0 Å². The molecule has 2 aromatic carbocycles. The van der Waals surface area contributed by atoms with Gasteiger partial charge < -0.3 is 4.74 Å². The van der Waals surface area contributed by atoms with Gasteiger partial charge >= 0.3 is 0 Å². The second kappa shape index (κ2) is 5.44. The molecule has 0 amide bonds. The molecule has 0 bridgehead atoms. The summed E-state index contributed by atoms with van der Waals surface area (Å²) in [5.74, 6) is 0.826. The summed E-state index contributed by atoms with van der Waals surface area (Å²) < 4.78 is 5.64. The van der Waals surface area contributed by atoms with Crippen LogP contribution in [0.15, 0.2) is 42.5 Å². The molecule has 0 aliphatic rings. The summed E-state index contributed by atoms with van der Waals surface area (Å²) in [5.41, 5.74) is 2.10. The van der Waals surface area contributed by atoms with Crippen LogP contribution in [0.4, 0.5) is 0 Å². The fourth-order valence-corrected chi connectivity index (χ4v) is 1.83. The van der Waals surface area contributed by atoms with Crippen molar-refractivity contribution in [1.82, 2.24) is 0 Å². The summed E-state index contributed by atoms with van der Waals surface area (Å²) in [7, 11) is 0. The first-order valence-electron chi connectivity index (χ1n) is 5.29. The Morgan fingerprint density at radius 3 is 2.41 bits per heavy atom. The van der Waals surface area contributed by atoms with E-state index in [1.54, 1.807) is 6.07 Å². The maximum Gasteiger partial charge on any atom is 0.119 e. The van der Waals surface area contributed by atoms with Gasteiger partial charge in [-0.25, -0.2) is 0 Å². The molecule has 0 unspecified atom stereocenters. The minimum Gasteiger partial charge on any atom is -0.489 e. The lowest BCUT2D eigenvalue weighted by atomic mass is 10.2. The van der Waals surface area contributed by atoms with E-state index >= 15 is 0 Å². The van der Waals surface area contributed by atoms with Crippen molar-refractivity contribution in [2.45, 2.75) is 13.5 Å². The average molecular weight is 267 g/mol. The van der Waals surface area contributed by atoms with E-state index in [9.17, 15) is 0 Å². The molecule has 0 saturated heterocycles. The summed E-state index contributed by atoms with van der Waals surface area (Å²) in [6.07, 6.45) is 0. The fourth-order valence-electron chi connectivity index (χ4n) is 1.46. The van der Waals surface area contributed by atoms with Gasteiger partial charge in [0.2, 0.25) is 0 Å². The molecule has 0 aliphatic heterocycles. The predicted octanol–water partition coefficient (Wildman–Crippen LogP) is 4.88. The van der Waals surface area contributed by atoms with Crippen molar-refractivity contribution in [1.29, 1.82) is 0 Å². The monoisotopic (exact) mass is 266 g/mol. The van der Waals surface area contributed by atoms with E-state index in [1.807, 2.05) is 43.3 Å². The Kier molecular flexibility index (Phi) is 3.93. The maximum atomic E-state index is 6.07. The third kappa shape index (κ3) is 3.15. The van der Waals surface area contributed by atoms with Crippen LogP contribution in [0.2, 0.25) is 10.0 Å². The van der Waals surface area contributed by atoms with Crippen molar-refractivity contribution in [3.63, 3.8) is 0 Å². The van der Waals surface area contributed by atoms with E-state index in [0.29, 0.717) is 16.7 Å². The molecule has 0 atom stereocenters. The standard InChI is InChI=1S/C14H12Cl2O/c1-10-5-7-12(8-6-10)17-9-11-3-2-4-13(15)14(11)16/h2-8H,9H2,1H3. The van der Waals surface area contributed by atoms with Crippen LogP contribution in [0, 0.1) is 6.92 Å². The molecule has 0 spiro atoms.